The highest BCUT2D eigenvalue weighted by Gasteiger charge is 2.52. The second kappa shape index (κ2) is 1.70. The van der Waals surface area contributed by atoms with Crippen molar-refractivity contribution in [2.24, 2.45) is 11.1 Å². The molecule has 2 heteroatoms. The Kier molecular flexibility index (Phi) is 1.33. The molecule has 0 spiro atoms. The van der Waals surface area contributed by atoms with Gasteiger partial charge in [0.05, 0.1) is 5.60 Å². The minimum atomic E-state index is -0.568. The summed E-state index contributed by atoms with van der Waals surface area (Å²) >= 11 is 0. The molecule has 0 heterocycles. The van der Waals surface area contributed by atoms with Gasteiger partial charge in [0.2, 0.25) is 0 Å². The number of aliphatic hydroxyl groups is 1. The average molecular weight is 129 g/mol. The van der Waals surface area contributed by atoms with E-state index in [0.29, 0.717) is 6.54 Å². The topological polar surface area (TPSA) is 46.2 Å². The van der Waals surface area contributed by atoms with E-state index in [-0.39, 0.29) is 5.41 Å². The summed E-state index contributed by atoms with van der Waals surface area (Å²) in [5.41, 5.74) is 4.99. The van der Waals surface area contributed by atoms with Crippen LogP contribution in [0.5, 0.6) is 0 Å². The normalized spacial score (nSPS) is 24.0. The zero-order chi connectivity index (χ0) is 7.12. The molecule has 2 nitrogen and oxygen atoms in total. The molecule has 9 heavy (non-hydrogen) atoms. The third-order valence-electron chi connectivity index (χ3n) is 2.54. The molecule has 0 aromatic heterocycles. The smallest absolute Gasteiger partial charge is 0.0659 e. The van der Waals surface area contributed by atoms with Crippen molar-refractivity contribution in [3.05, 3.63) is 0 Å². The van der Waals surface area contributed by atoms with E-state index in [0.717, 1.165) is 12.8 Å². The average Bonchev–Trinajstić information content (AvgIpc) is 2.40. The highest BCUT2D eigenvalue weighted by atomic mass is 16.3. The van der Waals surface area contributed by atoms with Crippen molar-refractivity contribution in [3.63, 3.8) is 0 Å². The van der Waals surface area contributed by atoms with E-state index in [1.54, 1.807) is 0 Å². The summed E-state index contributed by atoms with van der Waals surface area (Å²) in [6.07, 6.45) is 2.18. The molecule has 0 unspecified atom stereocenters. The first-order chi connectivity index (χ1) is 4.02. The first-order valence-electron chi connectivity index (χ1n) is 3.44. The SMILES string of the molecule is CC(C)(O)C1(CN)CC1. The lowest BCUT2D eigenvalue weighted by Crippen LogP contribution is -2.38. The van der Waals surface area contributed by atoms with Gasteiger partial charge < -0.3 is 10.8 Å². The predicted octanol–water partition coefficient (Wildman–Crippen LogP) is 0.496. The first kappa shape index (κ1) is 7.03. The monoisotopic (exact) mass is 129 g/mol. The van der Waals surface area contributed by atoms with E-state index >= 15 is 0 Å². The van der Waals surface area contributed by atoms with Gasteiger partial charge in [-0.1, -0.05) is 0 Å². The molecule has 0 aromatic carbocycles. The van der Waals surface area contributed by atoms with Crippen molar-refractivity contribution in [3.8, 4) is 0 Å². The quantitative estimate of drug-likeness (QED) is 0.570. The second-order valence-electron chi connectivity index (χ2n) is 3.54. The van der Waals surface area contributed by atoms with Crippen LogP contribution in [0.15, 0.2) is 0 Å². The molecular formula is C7H15NO. The number of nitrogens with two attached hydrogens (primary N) is 1. The number of rotatable bonds is 2. The maximum absolute atomic E-state index is 9.53. The molecule has 0 bridgehead atoms. The van der Waals surface area contributed by atoms with Gasteiger partial charge in [-0.25, -0.2) is 0 Å². The first-order valence-corrected chi connectivity index (χ1v) is 3.44. The van der Waals surface area contributed by atoms with E-state index in [9.17, 15) is 5.11 Å². The van der Waals surface area contributed by atoms with Crippen molar-refractivity contribution in [1.29, 1.82) is 0 Å². The van der Waals surface area contributed by atoms with Crippen molar-refractivity contribution in [1.82, 2.24) is 0 Å². The summed E-state index contributed by atoms with van der Waals surface area (Å²) in [5.74, 6) is 0. The molecule has 0 amide bonds. The van der Waals surface area contributed by atoms with Crippen molar-refractivity contribution in [2.45, 2.75) is 32.3 Å². The van der Waals surface area contributed by atoms with Crippen molar-refractivity contribution < 1.29 is 5.11 Å². The van der Waals surface area contributed by atoms with Gasteiger partial charge in [0.15, 0.2) is 0 Å². The maximum Gasteiger partial charge on any atom is 0.0659 e. The Labute approximate surface area is 56.1 Å². The fourth-order valence-electron chi connectivity index (χ4n) is 1.22. The molecule has 0 aliphatic heterocycles. The van der Waals surface area contributed by atoms with Gasteiger partial charge in [-0.05, 0) is 26.7 Å². The van der Waals surface area contributed by atoms with Gasteiger partial charge in [0.1, 0.15) is 0 Å². The highest BCUT2D eigenvalue weighted by molar-refractivity contribution is 5.04. The van der Waals surface area contributed by atoms with Crippen molar-refractivity contribution in [2.75, 3.05) is 6.54 Å². The molecule has 1 fully saturated rings. The van der Waals surface area contributed by atoms with E-state index in [2.05, 4.69) is 0 Å². The molecule has 1 saturated carbocycles. The molecule has 0 atom stereocenters. The van der Waals surface area contributed by atoms with Crippen LogP contribution in [0.3, 0.4) is 0 Å². The Bertz CT molecular complexity index is 111. The zero-order valence-electron chi connectivity index (χ0n) is 6.15. The van der Waals surface area contributed by atoms with Gasteiger partial charge in [-0.15, -0.1) is 0 Å². The van der Waals surface area contributed by atoms with E-state index < -0.39 is 5.60 Å². The van der Waals surface area contributed by atoms with Gasteiger partial charge in [-0.2, -0.15) is 0 Å². The summed E-state index contributed by atoms with van der Waals surface area (Å²) in [4.78, 5) is 0. The highest BCUT2D eigenvalue weighted by Crippen LogP contribution is 2.52. The van der Waals surface area contributed by atoms with Crippen LogP contribution in [0.4, 0.5) is 0 Å². The number of hydrogen-bond acceptors (Lipinski definition) is 2. The van der Waals surface area contributed by atoms with Gasteiger partial charge >= 0.3 is 0 Å². The van der Waals surface area contributed by atoms with Crippen LogP contribution >= 0.6 is 0 Å². The van der Waals surface area contributed by atoms with Crippen LogP contribution < -0.4 is 5.73 Å². The summed E-state index contributed by atoms with van der Waals surface area (Å²) in [7, 11) is 0. The predicted molar refractivity (Wildman–Crippen MR) is 37.0 cm³/mol. The second-order valence-corrected chi connectivity index (χ2v) is 3.54. The van der Waals surface area contributed by atoms with E-state index in [1.165, 1.54) is 0 Å². The Hall–Kier alpha value is -0.0800. The standard InChI is InChI=1S/C7H15NO/c1-6(2,9)7(5-8)3-4-7/h9H,3-5,8H2,1-2H3. The Morgan fingerprint density at radius 2 is 2.00 bits per heavy atom. The van der Waals surface area contributed by atoms with Crippen LogP contribution in [0, 0.1) is 5.41 Å². The molecule has 1 aliphatic carbocycles. The lowest BCUT2D eigenvalue weighted by atomic mass is 9.88. The minimum absolute atomic E-state index is 0.0625. The molecule has 3 N–H and O–H groups in total. The van der Waals surface area contributed by atoms with Gasteiger partial charge in [0.25, 0.3) is 0 Å². The maximum atomic E-state index is 9.53. The molecule has 0 aromatic rings. The van der Waals surface area contributed by atoms with Gasteiger partial charge in [-0.3, -0.25) is 0 Å². The lowest BCUT2D eigenvalue weighted by molar-refractivity contribution is 0.00651. The molecule has 0 radical (unpaired) electrons. The van der Waals surface area contributed by atoms with Crippen LogP contribution in [0.25, 0.3) is 0 Å². The molecule has 0 saturated heterocycles. The van der Waals surface area contributed by atoms with Crippen LogP contribution in [0.2, 0.25) is 0 Å². The van der Waals surface area contributed by atoms with Crippen LogP contribution in [0.1, 0.15) is 26.7 Å². The molecular weight excluding hydrogens is 114 g/mol. The Morgan fingerprint density at radius 1 is 1.56 bits per heavy atom. The van der Waals surface area contributed by atoms with Crippen molar-refractivity contribution >= 4 is 0 Å². The molecule has 1 rings (SSSR count). The summed E-state index contributed by atoms with van der Waals surface area (Å²) in [5, 5.41) is 9.53. The largest absolute Gasteiger partial charge is 0.390 e. The Balaban J connectivity index is 2.60. The fourth-order valence-corrected chi connectivity index (χ4v) is 1.22. The Morgan fingerprint density at radius 3 is 2.00 bits per heavy atom. The lowest BCUT2D eigenvalue weighted by Gasteiger charge is -2.27. The van der Waals surface area contributed by atoms with E-state index in [4.69, 9.17) is 5.73 Å². The fraction of sp³-hybridized carbons (Fsp3) is 1.00. The number of hydrogen-bond donors (Lipinski definition) is 2. The van der Waals surface area contributed by atoms with Gasteiger partial charge in [0, 0.05) is 12.0 Å². The van der Waals surface area contributed by atoms with Crippen LogP contribution in [-0.2, 0) is 0 Å². The summed E-state index contributed by atoms with van der Waals surface area (Å²) < 4.78 is 0. The molecule has 54 valence electrons. The molecule has 1 aliphatic rings. The van der Waals surface area contributed by atoms with Crippen LogP contribution in [-0.4, -0.2) is 17.3 Å². The third kappa shape index (κ3) is 0.970. The summed E-state index contributed by atoms with van der Waals surface area (Å²) in [6, 6.07) is 0. The third-order valence-corrected chi connectivity index (χ3v) is 2.54. The van der Waals surface area contributed by atoms with E-state index in [1.807, 2.05) is 13.8 Å². The zero-order valence-corrected chi connectivity index (χ0v) is 6.15. The minimum Gasteiger partial charge on any atom is -0.390 e. The summed E-state index contributed by atoms with van der Waals surface area (Å²) in [6.45, 7) is 4.30.